The molecule has 3 aromatic rings. The second kappa shape index (κ2) is 13.6. The van der Waals surface area contributed by atoms with Gasteiger partial charge in [0.2, 0.25) is 5.60 Å². The number of piperazine rings is 1. The number of hydrogen-bond acceptors (Lipinski definition) is 9. The molecule has 48 heavy (non-hydrogen) atoms. The van der Waals surface area contributed by atoms with Gasteiger partial charge in [-0.2, -0.15) is 9.57 Å². The molecule has 0 spiro atoms. The molecular formula is C36H41N5O6S. The highest BCUT2D eigenvalue weighted by Gasteiger charge is 2.61. The van der Waals surface area contributed by atoms with Gasteiger partial charge in [-0.1, -0.05) is 36.4 Å². The van der Waals surface area contributed by atoms with E-state index in [2.05, 4.69) is 29.7 Å². The number of carbonyl (C=O) groups is 2. The highest BCUT2D eigenvalue weighted by atomic mass is 32.2. The maximum absolute atomic E-state index is 14.9. The summed E-state index contributed by atoms with van der Waals surface area (Å²) in [5, 5.41) is 9.86. The molecule has 3 aliphatic rings. The van der Waals surface area contributed by atoms with E-state index in [1.165, 1.54) is 30.3 Å². The highest BCUT2D eigenvalue weighted by molar-refractivity contribution is 7.93. The molecule has 2 amide bonds. The smallest absolute Gasteiger partial charge is 0.411 e. The van der Waals surface area contributed by atoms with Crippen LogP contribution in [0.2, 0.25) is 0 Å². The van der Waals surface area contributed by atoms with Crippen LogP contribution < -0.4 is 9.04 Å². The molecule has 1 atom stereocenters. The summed E-state index contributed by atoms with van der Waals surface area (Å²) >= 11 is 0. The van der Waals surface area contributed by atoms with Gasteiger partial charge in [0.25, 0.3) is 15.9 Å². The van der Waals surface area contributed by atoms with E-state index in [-0.39, 0.29) is 39.6 Å². The lowest BCUT2D eigenvalue weighted by Gasteiger charge is -2.43. The van der Waals surface area contributed by atoms with Crippen molar-refractivity contribution in [3.05, 3.63) is 89.5 Å². The Morgan fingerprint density at radius 1 is 0.938 bits per heavy atom. The predicted molar refractivity (Wildman–Crippen MR) is 180 cm³/mol. The maximum Gasteiger partial charge on any atom is 0.411 e. The van der Waals surface area contributed by atoms with Crippen LogP contribution in [-0.4, -0.2) is 93.1 Å². The zero-order chi connectivity index (χ0) is 34.1. The summed E-state index contributed by atoms with van der Waals surface area (Å²) < 4.78 is 41.3. The molecule has 0 aromatic heterocycles. The number of amides is 2. The van der Waals surface area contributed by atoms with E-state index < -0.39 is 27.6 Å². The first-order valence-electron chi connectivity index (χ1n) is 16.5. The van der Waals surface area contributed by atoms with Crippen molar-refractivity contribution in [1.82, 2.24) is 14.7 Å². The Balaban J connectivity index is 1.38. The fourth-order valence-electron chi connectivity index (χ4n) is 7.05. The zero-order valence-electron chi connectivity index (χ0n) is 27.5. The molecule has 2 saturated heterocycles. The molecule has 12 heteroatoms. The quantitative estimate of drug-likeness (QED) is 0.339. The number of likely N-dealkylation sites (tertiary alicyclic amines) is 1. The fourth-order valence-corrected chi connectivity index (χ4v) is 8.53. The number of ether oxygens (including phenoxy) is 2. The van der Waals surface area contributed by atoms with Gasteiger partial charge in [0.1, 0.15) is 5.75 Å². The maximum atomic E-state index is 14.9. The van der Waals surface area contributed by atoms with Gasteiger partial charge in [-0.25, -0.2) is 13.2 Å². The largest absolute Gasteiger partial charge is 0.493 e. The van der Waals surface area contributed by atoms with Crippen molar-refractivity contribution in [2.75, 3.05) is 50.2 Å². The van der Waals surface area contributed by atoms with Crippen molar-refractivity contribution >= 4 is 27.7 Å². The monoisotopic (exact) mass is 671 g/mol. The minimum atomic E-state index is -4.47. The summed E-state index contributed by atoms with van der Waals surface area (Å²) in [5.74, 6) is -0.734. The fraction of sp³-hybridized carbons (Fsp3) is 0.417. The highest BCUT2D eigenvalue weighted by Crippen LogP contribution is 2.52. The predicted octanol–water partition coefficient (Wildman–Crippen LogP) is 4.56. The second-order valence-corrected chi connectivity index (χ2v) is 14.4. The summed E-state index contributed by atoms with van der Waals surface area (Å²) in [6.07, 6.45) is 0.749. The van der Waals surface area contributed by atoms with Crippen LogP contribution in [0.15, 0.2) is 77.7 Å². The Kier molecular flexibility index (Phi) is 9.47. The molecule has 0 aliphatic carbocycles. The van der Waals surface area contributed by atoms with Gasteiger partial charge in [-0.3, -0.25) is 14.6 Å². The number of fused-ring (bicyclic) bond motifs is 1. The SMILES string of the molecule is CCOc1ccccc1C1(OC(=O)N2CCC(N3CCN(C(C)C)CC3)CC2)C(=O)N(S(=O)(=O)c2ccccc2)c2ccc(C#N)cc21. The third-order valence-corrected chi connectivity index (χ3v) is 11.3. The van der Waals surface area contributed by atoms with Gasteiger partial charge >= 0.3 is 6.09 Å². The Labute approximate surface area is 282 Å². The van der Waals surface area contributed by atoms with Crippen LogP contribution in [0, 0.1) is 11.3 Å². The second-order valence-electron chi connectivity index (χ2n) is 12.6. The Bertz CT molecular complexity index is 1810. The van der Waals surface area contributed by atoms with Gasteiger partial charge in [0.15, 0.2) is 0 Å². The molecule has 2 fully saturated rings. The molecule has 3 aliphatic heterocycles. The van der Waals surface area contributed by atoms with Crippen LogP contribution >= 0.6 is 0 Å². The van der Waals surface area contributed by atoms with Crippen LogP contribution in [0.5, 0.6) is 5.75 Å². The third kappa shape index (κ3) is 5.91. The van der Waals surface area contributed by atoms with Crippen LogP contribution in [0.25, 0.3) is 0 Å². The minimum Gasteiger partial charge on any atom is -0.493 e. The molecule has 3 heterocycles. The summed E-state index contributed by atoms with van der Waals surface area (Å²) in [6.45, 7) is 11.3. The van der Waals surface area contributed by atoms with Crippen LogP contribution in [0.1, 0.15) is 50.3 Å². The first-order chi connectivity index (χ1) is 23.1. The van der Waals surface area contributed by atoms with Gasteiger partial charge in [-0.05, 0) is 70.0 Å². The molecular weight excluding hydrogens is 630 g/mol. The normalized spacial score (nSPS) is 20.9. The van der Waals surface area contributed by atoms with Gasteiger partial charge in [-0.15, -0.1) is 0 Å². The van der Waals surface area contributed by atoms with Crippen molar-refractivity contribution in [2.45, 2.75) is 56.2 Å². The standard InChI is InChI=1S/C36H41N5O6S/c1-4-46-33-13-9-8-12-30(33)36(47-35(43)40-18-16-28(17-19-40)39-22-20-38(21-23-39)26(2)3)31-24-27(25-37)14-15-32(31)41(34(36)42)48(44,45)29-10-6-5-7-11-29/h5-15,24,26,28H,4,16-23H2,1-3H3. The number of carbonyl (C=O) groups excluding carboxylic acids is 2. The Hall–Kier alpha value is -4.44. The first-order valence-corrected chi connectivity index (χ1v) is 17.9. The van der Waals surface area contributed by atoms with Crippen molar-refractivity contribution < 1.29 is 27.5 Å². The van der Waals surface area contributed by atoms with Crippen molar-refractivity contribution in [3.8, 4) is 11.8 Å². The number of sulfonamides is 1. The molecule has 0 radical (unpaired) electrons. The zero-order valence-corrected chi connectivity index (χ0v) is 28.4. The van der Waals surface area contributed by atoms with E-state index in [4.69, 9.17) is 9.47 Å². The summed E-state index contributed by atoms with van der Waals surface area (Å²) in [6, 6.07) is 21.5. The van der Waals surface area contributed by atoms with Crippen molar-refractivity contribution in [1.29, 1.82) is 5.26 Å². The summed E-state index contributed by atoms with van der Waals surface area (Å²) in [5.41, 5.74) is -1.83. The molecule has 0 N–H and O–H groups in total. The number of hydrogen-bond donors (Lipinski definition) is 0. The van der Waals surface area contributed by atoms with Crippen LogP contribution in [0.3, 0.4) is 0 Å². The number of anilines is 1. The molecule has 0 bridgehead atoms. The van der Waals surface area contributed by atoms with Crippen molar-refractivity contribution in [3.63, 3.8) is 0 Å². The lowest BCUT2D eigenvalue weighted by molar-refractivity contribution is -0.132. The first kappa shape index (κ1) is 33.5. The van der Waals surface area contributed by atoms with E-state index in [0.717, 1.165) is 39.0 Å². The third-order valence-electron chi connectivity index (χ3n) is 9.62. The molecule has 1 unspecified atom stereocenters. The number of piperidine rings is 1. The van der Waals surface area contributed by atoms with E-state index in [1.807, 2.05) is 0 Å². The number of para-hydroxylation sites is 1. The van der Waals surface area contributed by atoms with Crippen molar-refractivity contribution in [2.24, 2.45) is 0 Å². The number of nitriles is 1. The molecule has 0 saturated carbocycles. The average molecular weight is 672 g/mol. The van der Waals surface area contributed by atoms with Gasteiger partial charge in [0, 0.05) is 56.9 Å². The van der Waals surface area contributed by atoms with E-state index in [0.29, 0.717) is 29.5 Å². The van der Waals surface area contributed by atoms with Crippen LogP contribution in [0.4, 0.5) is 10.5 Å². The van der Waals surface area contributed by atoms with Gasteiger partial charge < -0.3 is 14.4 Å². The summed E-state index contributed by atoms with van der Waals surface area (Å²) in [7, 11) is -4.47. The number of benzene rings is 3. The lowest BCUT2D eigenvalue weighted by Crippen LogP contribution is -2.55. The molecule has 11 nitrogen and oxygen atoms in total. The Morgan fingerprint density at radius 2 is 1.60 bits per heavy atom. The Morgan fingerprint density at radius 3 is 2.25 bits per heavy atom. The number of rotatable bonds is 8. The number of nitrogens with zero attached hydrogens (tertiary/aromatic N) is 5. The lowest BCUT2D eigenvalue weighted by atomic mass is 9.85. The minimum absolute atomic E-state index is 0.00111. The topological polar surface area (TPSA) is 123 Å². The molecule has 6 rings (SSSR count). The van der Waals surface area contributed by atoms with Gasteiger partial charge in [0.05, 0.1) is 34.4 Å². The molecule has 3 aromatic carbocycles. The van der Waals surface area contributed by atoms with E-state index in [9.17, 15) is 23.3 Å². The average Bonchev–Trinajstić information content (AvgIpc) is 3.36. The van der Waals surface area contributed by atoms with E-state index >= 15 is 0 Å². The van der Waals surface area contributed by atoms with Crippen LogP contribution in [-0.2, 0) is 25.2 Å². The summed E-state index contributed by atoms with van der Waals surface area (Å²) in [4.78, 5) is 35.6. The molecule has 252 valence electrons. The van der Waals surface area contributed by atoms with E-state index in [1.54, 1.807) is 54.3 Å².